The van der Waals surface area contributed by atoms with Crippen molar-refractivity contribution in [1.82, 2.24) is 9.88 Å². The van der Waals surface area contributed by atoms with E-state index in [1.54, 1.807) is 6.20 Å². The summed E-state index contributed by atoms with van der Waals surface area (Å²) in [7, 11) is 0. The Hall–Kier alpha value is -1.58. The van der Waals surface area contributed by atoms with Crippen molar-refractivity contribution in [2.24, 2.45) is 0 Å². The quantitative estimate of drug-likeness (QED) is 0.766. The van der Waals surface area contributed by atoms with Crippen LogP contribution in [0.15, 0.2) is 24.5 Å². The van der Waals surface area contributed by atoms with Crippen LogP contribution < -0.4 is 0 Å². The normalized spacial score (nSPS) is 19.9. The minimum Gasteiger partial charge on any atom is -0.444 e. The molecule has 1 aromatic rings. The lowest BCUT2D eigenvalue weighted by Crippen LogP contribution is -2.36. The van der Waals surface area contributed by atoms with E-state index in [1.165, 1.54) is 0 Å². The maximum Gasteiger partial charge on any atom is 0.410 e. The summed E-state index contributed by atoms with van der Waals surface area (Å²) in [4.78, 5) is 18.1. The molecule has 4 nitrogen and oxygen atoms in total. The zero-order valence-electron chi connectivity index (χ0n) is 11.2. The highest BCUT2D eigenvalue weighted by molar-refractivity contribution is 5.69. The van der Waals surface area contributed by atoms with Gasteiger partial charge in [-0.3, -0.25) is 4.98 Å². The Balaban J connectivity index is 2.11. The Kier molecular flexibility index (Phi) is 3.55. The summed E-state index contributed by atoms with van der Waals surface area (Å²) < 4.78 is 5.44. The fraction of sp³-hybridized carbons (Fsp3) is 0.571. The van der Waals surface area contributed by atoms with E-state index in [4.69, 9.17) is 4.74 Å². The van der Waals surface area contributed by atoms with Crippen LogP contribution in [0.1, 0.15) is 45.2 Å². The highest BCUT2D eigenvalue weighted by Crippen LogP contribution is 2.32. The number of nitrogens with zero attached hydrogens (tertiary/aromatic N) is 2. The third kappa shape index (κ3) is 3.00. The molecule has 0 spiro atoms. The summed E-state index contributed by atoms with van der Waals surface area (Å²) in [5, 5.41) is 0. The van der Waals surface area contributed by atoms with Crippen LogP contribution in [0.3, 0.4) is 0 Å². The van der Waals surface area contributed by atoms with Crippen molar-refractivity contribution in [3.63, 3.8) is 0 Å². The molecule has 0 aliphatic carbocycles. The number of carbonyl (C=O) groups is 1. The number of hydrogen-bond donors (Lipinski definition) is 0. The van der Waals surface area contributed by atoms with Crippen LogP contribution in [0.2, 0.25) is 0 Å². The predicted molar refractivity (Wildman–Crippen MR) is 69.2 cm³/mol. The van der Waals surface area contributed by atoms with Crippen molar-refractivity contribution >= 4 is 6.09 Å². The van der Waals surface area contributed by atoms with Gasteiger partial charge in [-0.15, -0.1) is 0 Å². The van der Waals surface area contributed by atoms with Crippen LogP contribution in [-0.2, 0) is 4.74 Å². The van der Waals surface area contributed by atoms with E-state index < -0.39 is 5.60 Å². The van der Waals surface area contributed by atoms with Gasteiger partial charge in [-0.2, -0.15) is 0 Å². The Bertz CT molecular complexity index is 412. The predicted octanol–water partition coefficient (Wildman–Crippen LogP) is 3.15. The van der Waals surface area contributed by atoms with Gasteiger partial charge in [0.2, 0.25) is 0 Å². The van der Waals surface area contributed by atoms with Gasteiger partial charge in [0.05, 0.1) is 6.04 Å². The maximum atomic E-state index is 12.1. The fourth-order valence-electron chi connectivity index (χ4n) is 2.23. The number of aromatic nitrogens is 1. The topological polar surface area (TPSA) is 42.4 Å². The third-order valence-corrected chi connectivity index (χ3v) is 2.95. The molecule has 0 radical (unpaired) electrons. The molecule has 1 aliphatic rings. The first kappa shape index (κ1) is 12.9. The lowest BCUT2D eigenvalue weighted by Gasteiger charge is -2.28. The lowest BCUT2D eigenvalue weighted by atomic mass is 10.1. The number of amides is 1. The number of carbonyl (C=O) groups excluding carboxylic acids is 1. The van der Waals surface area contributed by atoms with Crippen molar-refractivity contribution in [2.75, 3.05) is 6.54 Å². The van der Waals surface area contributed by atoms with Crippen LogP contribution in [0, 0.1) is 0 Å². The summed E-state index contributed by atoms with van der Waals surface area (Å²) in [6.45, 7) is 6.43. The number of likely N-dealkylation sites (tertiary alicyclic amines) is 1. The average molecular weight is 248 g/mol. The van der Waals surface area contributed by atoms with Crippen LogP contribution in [-0.4, -0.2) is 28.1 Å². The monoisotopic (exact) mass is 248 g/mol. The van der Waals surface area contributed by atoms with E-state index in [2.05, 4.69) is 4.98 Å². The van der Waals surface area contributed by atoms with Gasteiger partial charge in [0.25, 0.3) is 0 Å². The van der Waals surface area contributed by atoms with Crippen LogP contribution in [0.4, 0.5) is 4.79 Å². The van der Waals surface area contributed by atoms with Crippen molar-refractivity contribution in [3.8, 4) is 0 Å². The zero-order valence-corrected chi connectivity index (χ0v) is 11.2. The molecule has 98 valence electrons. The van der Waals surface area contributed by atoms with Crippen molar-refractivity contribution in [3.05, 3.63) is 30.1 Å². The van der Waals surface area contributed by atoms with Crippen LogP contribution in [0.5, 0.6) is 0 Å². The summed E-state index contributed by atoms with van der Waals surface area (Å²) in [6, 6.07) is 4.02. The van der Waals surface area contributed by atoms with Gasteiger partial charge < -0.3 is 9.64 Å². The molecule has 2 heterocycles. The van der Waals surface area contributed by atoms with E-state index in [0.29, 0.717) is 0 Å². The molecule has 1 fully saturated rings. The lowest BCUT2D eigenvalue weighted by molar-refractivity contribution is 0.0224. The van der Waals surface area contributed by atoms with E-state index >= 15 is 0 Å². The van der Waals surface area contributed by atoms with Crippen molar-refractivity contribution in [2.45, 2.75) is 45.3 Å². The first-order valence-corrected chi connectivity index (χ1v) is 6.37. The Morgan fingerprint density at radius 3 is 2.89 bits per heavy atom. The molecule has 18 heavy (non-hydrogen) atoms. The highest BCUT2D eigenvalue weighted by atomic mass is 16.6. The summed E-state index contributed by atoms with van der Waals surface area (Å²) in [5.41, 5.74) is 0.639. The Morgan fingerprint density at radius 1 is 1.50 bits per heavy atom. The van der Waals surface area contributed by atoms with E-state index in [9.17, 15) is 4.79 Å². The Morgan fingerprint density at radius 2 is 2.28 bits per heavy atom. The van der Waals surface area contributed by atoms with E-state index in [1.807, 2.05) is 44.0 Å². The Labute approximate surface area is 108 Å². The molecule has 1 aliphatic heterocycles. The van der Waals surface area contributed by atoms with Crippen molar-refractivity contribution in [1.29, 1.82) is 0 Å². The van der Waals surface area contributed by atoms with Gasteiger partial charge >= 0.3 is 6.09 Å². The molecular formula is C14H20N2O2. The molecule has 1 saturated heterocycles. The molecule has 0 unspecified atom stereocenters. The molecule has 1 amide bonds. The van der Waals surface area contributed by atoms with Crippen LogP contribution >= 0.6 is 0 Å². The first-order valence-electron chi connectivity index (χ1n) is 6.37. The van der Waals surface area contributed by atoms with Crippen LogP contribution in [0.25, 0.3) is 0 Å². The number of hydrogen-bond acceptors (Lipinski definition) is 3. The largest absolute Gasteiger partial charge is 0.444 e. The highest BCUT2D eigenvalue weighted by Gasteiger charge is 2.33. The third-order valence-electron chi connectivity index (χ3n) is 2.95. The molecule has 0 bridgehead atoms. The summed E-state index contributed by atoms with van der Waals surface area (Å²) >= 11 is 0. The van der Waals surface area contributed by atoms with Crippen molar-refractivity contribution < 1.29 is 9.53 Å². The first-order chi connectivity index (χ1) is 8.47. The molecule has 1 atom stereocenters. The van der Waals surface area contributed by atoms with Gasteiger partial charge in [0, 0.05) is 18.9 Å². The number of pyridine rings is 1. The van der Waals surface area contributed by atoms with E-state index in [-0.39, 0.29) is 12.1 Å². The fourth-order valence-corrected chi connectivity index (χ4v) is 2.23. The zero-order chi connectivity index (χ0) is 13.2. The van der Waals surface area contributed by atoms with E-state index in [0.717, 1.165) is 24.9 Å². The molecule has 1 aromatic heterocycles. The second-order valence-electron chi connectivity index (χ2n) is 5.62. The molecule has 0 aromatic carbocycles. The summed E-state index contributed by atoms with van der Waals surface area (Å²) in [5.74, 6) is 0. The minimum atomic E-state index is -0.445. The molecular weight excluding hydrogens is 228 g/mol. The molecule has 0 saturated carbocycles. The second kappa shape index (κ2) is 4.96. The SMILES string of the molecule is CC(C)(C)OC(=O)N1CCC[C@H]1c1cccnc1. The molecule has 4 heteroatoms. The molecule has 0 N–H and O–H groups in total. The van der Waals surface area contributed by atoms with Gasteiger partial charge in [0.1, 0.15) is 5.60 Å². The smallest absolute Gasteiger partial charge is 0.410 e. The van der Waals surface area contributed by atoms with Gasteiger partial charge in [-0.25, -0.2) is 4.79 Å². The average Bonchev–Trinajstić information content (AvgIpc) is 2.76. The summed E-state index contributed by atoms with van der Waals surface area (Å²) in [6.07, 6.45) is 5.33. The minimum absolute atomic E-state index is 0.105. The second-order valence-corrected chi connectivity index (χ2v) is 5.62. The van der Waals surface area contributed by atoms with Gasteiger partial charge in [-0.1, -0.05) is 6.07 Å². The van der Waals surface area contributed by atoms with Gasteiger partial charge in [0.15, 0.2) is 0 Å². The maximum absolute atomic E-state index is 12.1. The number of rotatable bonds is 1. The van der Waals surface area contributed by atoms with Gasteiger partial charge in [-0.05, 0) is 45.2 Å². The standard InChI is InChI=1S/C14H20N2O2/c1-14(2,3)18-13(17)16-9-5-7-12(16)11-6-4-8-15-10-11/h4,6,8,10,12H,5,7,9H2,1-3H3/t12-/m0/s1. The molecule has 2 rings (SSSR count). The number of ether oxygens (including phenoxy) is 1.